The van der Waals surface area contributed by atoms with Crippen LogP contribution in [0.4, 0.5) is 8.78 Å². The molecule has 0 N–H and O–H groups in total. The highest BCUT2D eigenvalue weighted by molar-refractivity contribution is 6.30. The maximum absolute atomic E-state index is 14.1. The third kappa shape index (κ3) is 5.96. The van der Waals surface area contributed by atoms with Crippen molar-refractivity contribution >= 4 is 34.1 Å². The normalized spacial score (nSPS) is 12.0. The molecule has 196 valence electrons. The molecule has 39 heavy (non-hydrogen) atoms. The van der Waals surface area contributed by atoms with E-state index in [2.05, 4.69) is 4.98 Å². The lowest BCUT2D eigenvalue weighted by Gasteiger charge is -2.20. The van der Waals surface area contributed by atoms with Gasteiger partial charge in [-0.2, -0.15) is 0 Å². The van der Waals surface area contributed by atoms with Crippen molar-refractivity contribution in [2.24, 2.45) is 0 Å². The first-order chi connectivity index (χ1) is 18.8. The molecule has 4 nitrogen and oxygen atoms in total. The van der Waals surface area contributed by atoms with Gasteiger partial charge < -0.3 is 4.57 Å². The van der Waals surface area contributed by atoms with E-state index in [0.717, 1.165) is 28.1 Å². The average Bonchev–Trinajstić information content (AvgIpc) is 3.27. The summed E-state index contributed by atoms with van der Waals surface area (Å²) in [7, 11) is 0. The quantitative estimate of drug-likeness (QED) is 0.178. The number of carbonyl (C=O) groups is 2. The molecule has 2 aromatic heterocycles. The van der Waals surface area contributed by atoms with E-state index in [9.17, 15) is 18.4 Å². The minimum absolute atomic E-state index is 0.0465. The Balaban J connectivity index is 1.51. The predicted molar refractivity (Wildman–Crippen MR) is 149 cm³/mol. The number of para-hydroxylation sites is 1. The molecule has 0 unspecified atom stereocenters. The lowest BCUT2D eigenvalue weighted by atomic mass is 9.87. The van der Waals surface area contributed by atoms with Gasteiger partial charge in [0.15, 0.2) is 11.6 Å². The standard InChI is InChI=1S/C32H25ClF2N2O2/c1-20(38)30-19-37(31-7-3-2-5-29(30)31)18-27(39)16-23(13-21-14-25(34)17-26(35)15-21)32-28(6-4-12-36-32)22-8-10-24(33)11-9-22/h2-12,14-15,17,19,23H,13,16,18H2,1H3/t23-/m1/s1. The van der Waals surface area contributed by atoms with Crippen LogP contribution in [0.5, 0.6) is 0 Å². The van der Waals surface area contributed by atoms with Crippen LogP contribution in [0.3, 0.4) is 0 Å². The molecule has 0 spiro atoms. The fraction of sp³-hybridized carbons (Fsp3) is 0.156. The van der Waals surface area contributed by atoms with Gasteiger partial charge in [0.2, 0.25) is 0 Å². The number of pyridine rings is 1. The van der Waals surface area contributed by atoms with Gasteiger partial charge in [0, 0.05) is 57.9 Å². The number of halogens is 3. The van der Waals surface area contributed by atoms with Crippen LogP contribution in [0.1, 0.15) is 40.9 Å². The largest absolute Gasteiger partial charge is 0.339 e. The van der Waals surface area contributed by atoms with Crippen LogP contribution < -0.4 is 0 Å². The van der Waals surface area contributed by atoms with Crippen LogP contribution >= 0.6 is 11.6 Å². The Morgan fingerprint density at radius 3 is 2.38 bits per heavy atom. The summed E-state index contributed by atoms with van der Waals surface area (Å²) in [5.41, 5.74) is 4.12. The molecular formula is C32H25ClF2N2O2. The highest BCUT2D eigenvalue weighted by Crippen LogP contribution is 2.33. The van der Waals surface area contributed by atoms with Crippen molar-refractivity contribution in [3.05, 3.63) is 125 Å². The summed E-state index contributed by atoms with van der Waals surface area (Å²) in [5, 5.41) is 1.38. The lowest BCUT2D eigenvalue weighted by molar-refractivity contribution is -0.120. The Labute approximate surface area is 229 Å². The van der Waals surface area contributed by atoms with Crippen molar-refractivity contribution in [1.82, 2.24) is 9.55 Å². The minimum atomic E-state index is -0.676. The summed E-state index contributed by atoms with van der Waals surface area (Å²) >= 11 is 6.09. The van der Waals surface area contributed by atoms with E-state index >= 15 is 0 Å². The molecule has 1 atom stereocenters. The molecule has 0 amide bonds. The van der Waals surface area contributed by atoms with Gasteiger partial charge in [-0.25, -0.2) is 8.78 Å². The van der Waals surface area contributed by atoms with Gasteiger partial charge in [0.05, 0.1) is 12.2 Å². The van der Waals surface area contributed by atoms with Gasteiger partial charge in [0.1, 0.15) is 11.6 Å². The number of rotatable bonds is 9. The molecule has 7 heteroatoms. The molecule has 0 saturated heterocycles. The summed E-state index contributed by atoms with van der Waals surface area (Å²) in [6, 6.07) is 21.9. The van der Waals surface area contributed by atoms with Crippen molar-refractivity contribution in [3.63, 3.8) is 0 Å². The van der Waals surface area contributed by atoms with E-state index < -0.39 is 17.6 Å². The van der Waals surface area contributed by atoms with E-state index in [1.165, 1.54) is 19.1 Å². The molecular weight excluding hydrogens is 518 g/mol. The Morgan fingerprint density at radius 1 is 0.949 bits per heavy atom. The third-order valence-corrected chi connectivity index (χ3v) is 7.03. The van der Waals surface area contributed by atoms with Crippen LogP contribution in [0, 0.1) is 11.6 Å². The molecule has 0 fully saturated rings. The number of hydrogen-bond acceptors (Lipinski definition) is 3. The van der Waals surface area contributed by atoms with Crippen molar-refractivity contribution in [3.8, 4) is 11.1 Å². The van der Waals surface area contributed by atoms with E-state index in [1.54, 1.807) is 29.1 Å². The highest BCUT2D eigenvalue weighted by Gasteiger charge is 2.23. The Morgan fingerprint density at radius 2 is 1.67 bits per heavy atom. The highest BCUT2D eigenvalue weighted by atomic mass is 35.5. The Kier molecular flexibility index (Phi) is 7.66. The third-order valence-electron chi connectivity index (χ3n) is 6.77. The number of nitrogens with zero attached hydrogens (tertiary/aromatic N) is 2. The number of aromatic nitrogens is 2. The van der Waals surface area contributed by atoms with Crippen LogP contribution in [0.2, 0.25) is 5.02 Å². The monoisotopic (exact) mass is 542 g/mol. The van der Waals surface area contributed by atoms with E-state index in [0.29, 0.717) is 21.8 Å². The molecule has 0 saturated carbocycles. The number of fused-ring (bicyclic) bond motifs is 1. The SMILES string of the molecule is CC(=O)c1cn(CC(=O)C[C@@H](Cc2cc(F)cc(F)c2)c2ncccc2-c2ccc(Cl)cc2)c2ccccc12. The first-order valence-corrected chi connectivity index (χ1v) is 12.9. The van der Waals surface area contributed by atoms with Crippen molar-refractivity contribution in [2.75, 3.05) is 0 Å². The molecule has 2 heterocycles. The second-order valence-electron chi connectivity index (χ2n) is 9.61. The average molecular weight is 543 g/mol. The summed E-state index contributed by atoms with van der Waals surface area (Å²) in [4.78, 5) is 30.4. The maximum Gasteiger partial charge on any atom is 0.161 e. The fourth-order valence-electron chi connectivity index (χ4n) is 5.08. The first-order valence-electron chi connectivity index (χ1n) is 12.5. The first kappa shape index (κ1) is 26.4. The van der Waals surface area contributed by atoms with E-state index in [-0.39, 0.29) is 31.0 Å². The number of carbonyl (C=O) groups excluding carboxylic acids is 2. The number of ketones is 2. The van der Waals surface area contributed by atoms with Crippen molar-refractivity contribution < 1.29 is 18.4 Å². The topological polar surface area (TPSA) is 52.0 Å². The lowest BCUT2D eigenvalue weighted by Crippen LogP contribution is -2.17. The van der Waals surface area contributed by atoms with Gasteiger partial charge in [-0.05, 0) is 60.9 Å². The second kappa shape index (κ2) is 11.3. The predicted octanol–water partition coefficient (Wildman–Crippen LogP) is 7.82. The fourth-order valence-corrected chi connectivity index (χ4v) is 5.21. The summed E-state index contributed by atoms with van der Waals surface area (Å²) in [6.45, 7) is 1.55. The number of hydrogen-bond donors (Lipinski definition) is 0. The smallest absolute Gasteiger partial charge is 0.161 e. The van der Waals surface area contributed by atoms with Gasteiger partial charge in [0.25, 0.3) is 0 Å². The molecule has 0 radical (unpaired) electrons. The van der Waals surface area contributed by atoms with Crippen LogP contribution in [-0.2, 0) is 17.8 Å². The minimum Gasteiger partial charge on any atom is -0.339 e. The maximum atomic E-state index is 14.1. The van der Waals surface area contributed by atoms with Crippen LogP contribution in [0.25, 0.3) is 22.0 Å². The van der Waals surface area contributed by atoms with Crippen molar-refractivity contribution in [1.29, 1.82) is 0 Å². The van der Waals surface area contributed by atoms with Gasteiger partial charge in [-0.15, -0.1) is 0 Å². The second-order valence-corrected chi connectivity index (χ2v) is 10.0. The number of Topliss-reactive ketones (excluding diaryl/α,β-unsaturated/α-hetero) is 2. The summed E-state index contributed by atoms with van der Waals surface area (Å²) in [5.74, 6) is -1.99. The molecule has 5 rings (SSSR count). The molecule has 0 bridgehead atoms. The molecule has 5 aromatic rings. The molecule has 0 aliphatic rings. The molecule has 0 aliphatic carbocycles. The van der Waals surface area contributed by atoms with Crippen LogP contribution in [-0.4, -0.2) is 21.1 Å². The molecule has 0 aliphatic heterocycles. The number of benzene rings is 3. The van der Waals surface area contributed by atoms with Gasteiger partial charge in [-0.3, -0.25) is 14.6 Å². The van der Waals surface area contributed by atoms with Crippen LogP contribution in [0.15, 0.2) is 91.3 Å². The van der Waals surface area contributed by atoms with Crippen molar-refractivity contribution in [2.45, 2.75) is 32.2 Å². The summed E-state index contributed by atoms with van der Waals surface area (Å²) in [6.07, 6.45) is 3.65. The zero-order valence-electron chi connectivity index (χ0n) is 21.2. The van der Waals surface area contributed by atoms with Gasteiger partial charge >= 0.3 is 0 Å². The summed E-state index contributed by atoms with van der Waals surface area (Å²) < 4.78 is 29.9. The van der Waals surface area contributed by atoms with E-state index in [4.69, 9.17) is 11.6 Å². The van der Waals surface area contributed by atoms with Gasteiger partial charge in [-0.1, -0.05) is 48.0 Å². The molecule has 3 aromatic carbocycles. The zero-order valence-corrected chi connectivity index (χ0v) is 22.0. The Hall–Kier alpha value is -4.16. The van der Waals surface area contributed by atoms with E-state index in [1.807, 2.05) is 48.5 Å². The Bertz CT molecular complexity index is 1660. The zero-order chi connectivity index (χ0) is 27.5.